The van der Waals surface area contributed by atoms with Crippen LogP contribution in [0.5, 0.6) is 0 Å². The first kappa shape index (κ1) is 31.6. The van der Waals surface area contributed by atoms with Crippen LogP contribution in [-0.2, 0) is 41.1 Å². The molecule has 0 atom stereocenters. The van der Waals surface area contributed by atoms with Gasteiger partial charge in [0.2, 0.25) is 5.95 Å². The summed E-state index contributed by atoms with van der Waals surface area (Å²) in [7, 11) is 1.03. The summed E-state index contributed by atoms with van der Waals surface area (Å²) < 4.78 is 86.9. The number of carbonyl (C=O) groups is 2. The number of aryl methyl sites for hydroxylation is 2. The average molecular weight is 611 g/mol. The molecule has 0 spiro atoms. The first-order valence-corrected chi connectivity index (χ1v) is 13.3. The van der Waals surface area contributed by atoms with Crippen molar-refractivity contribution < 1.29 is 45.8 Å². The van der Waals surface area contributed by atoms with Gasteiger partial charge in [-0.3, -0.25) is 4.79 Å². The van der Waals surface area contributed by atoms with Crippen LogP contribution in [0.25, 0.3) is 0 Å². The van der Waals surface area contributed by atoms with E-state index in [2.05, 4.69) is 20.0 Å². The Labute approximate surface area is 242 Å². The second-order valence-corrected chi connectivity index (χ2v) is 10.0. The fourth-order valence-corrected chi connectivity index (χ4v) is 5.09. The smallest absolute Gasteiger partial charge is 0.419 e. The molecular weight excluding hydrogens is 582 g/mol. The van der Waals surface area contributed by atoms with Gasteiger partial charge in [0.15, 0.2) is 0 Å². The van der Waals surface area contributed by atoms with Crippen molar-refractivity contribution in [2.75, 3.05) is 25.5 Å². The van der Waals surface area contributed by atoms with Crippen molar-refractivity contribution in [3.05, 3.63) is 82.2 Å². The Kier molecular flexibility index (Phi) is 9.46. The highest BCUT2D eigenvalue weighted by Crippen LogP contribution is 2.36. The Bertz CT molecular complexity index is 1450. The Balaban J connectivity index is 1.54. The quantitative estimate of drug-likeness (QED) is 0.218. The molecule has 3 aromatic rings. The number of ether oxygens (including phenoxy) is 1. The van der Waals surface area contributed by atoms with Crippen LogP contribution in [-0.4, -0.2) is 52.2 Å². The molecule has 1 aliphatic rings. The van der Waals surface area contributed by atoms with Crippen LogP contribution in [0.3, 0.4) is 0 Å². The van der Waals surface area contributed by atoms with E-state index in [0.717, 1.165) is 24.8 Å². The van der Waals surface area contributed by atoms with E-state index in [-0.39, 0.29) is 35.8 Å². The maximum Gasteiger partial charge on any atom is 0.419 e. The zero-order chi connectivity index (χ0) is 31.4. The lowest BCUT2D eigenvalue weighted by Crippen LogP contribution is -2.36. The summed E-state index contributed by atoms with van der Waals surface area (Å²) in [6.45, 7) is 0.847. The zero-order valence-corrected chi connectivity index (χ0v) is 22.9. The standard InChI is InChI=1S/C29H28F6N4O4/c1-43-25(40)15-21-19(3-2-4-22(21)28(30,31)32)7-10-24-23(29(33,34)35)16-36-26(38-24)37-20-8-5-17(6-9-20)18-11-13-39(14-12-18)27(41)42/h2-6,8-9,16,18H,7,10-15H2,1H3,(H,41,42)(H,36,37,38). The molecule has 4 rings (SSSR count). The lowest BCUT2D eigenvalue weighted by molar-refractivity contribution is -0.142. The Morgan fingerprint density at radius 1 is 0.977 bits per heavy atom. The van der Waals surface area contributed by atoms with Crippen molar-refractivity contribution in [3.8, 4) is 0 Å². The Hall–Kier alpha value is -4.36. The minimum Gasteiger partial charge on any atom is -0.469 e. The van der Waals surface area contributed by atoms with Crippen molar-refractivity contribution >= 4 is 23.7 Å². The zero-order valence-electron chi connectivity index (χ0n) is 22.9. The monoisotopic (exact) mass is 610 g/mol. The molecule has 0 radical (unpaired) electrons. The second-order valence-electron chi connectivity index (χ2n) is 10.0. The van der Waals surface area contributed by atoms with E-state index in [1.807, 2.05) is 12.1 Å². The first-order valence-electron chi connectivity index (χ1n) is 13.3. The second kappa shape index (κ2) is 12.9. The summed E-state index contributed by atoms with van der Waals surface area (Å²) in [5, 5.41) is 12.0. The van der Waals surface area contributed by atoms with Crippen molar-refractivity contribution in [3.63, 3.8) is 0 Å². The summed E-state index contributed by atoms with van der Waals surface area (Å²) in [6, 6.07) is 10.4. The highest BCUT2D eigenvalue weighted by Gasteiger charge is 2.36. The van der Waals surface area contributed by atoms with E-state index in [4.69, 9.17) is 5.11 Å². The molecule has 0 aliphatic carbocycles. The van der Waals surface area contributed by atoms with E-state index >= 15 is 0 Å². The van der Waals surface area contributed by atoms with Crippen molar-refractivity contribution in [1.82, 2.24) is 14.9 Å². The Morgan fingerprint density at radius 2 is 1.63 bits per heavy atom. The van der Waals surface area contributed by atoms with Gasteiger partial charge in [-0.2, -0.15) is 26.3 Å². The number of rotatable bonds is 8. The van der Waals surface area contributed by atoms with Crippen molar-refractivity contribution in [2.24, 2.45) is 0 Å². The van der Waals surface area contributed by atoms with Crippen LogP contribution in [0.4, 0.5) is 42.8 Å². The molecule has 1 aliphatic heterocycles. The largest absolute Gasteiger partial charge is 0.469 e. The van der Waals surface area contributed by atoms with Gasteiger partial charge in [0.1, 0.15) is 0 Å². The molecule has 1 aromatic heterocycles. The maximum absolute atomic E-state index is 13.8. The van der Waals surface area contributed by atoms with Crippen LogP contribution in [0, 0.1) is 0 Å². The Morgan fingerprint density at radius 3 is 2.21 bits per heavy atom. The van der Waals surface area contributed by atoms with Crippen LogP contribution < -0.4 is 5.32 Å². The third kappa shape index (κ3) is 7.93. The van der Waals surface area contributed by atoms with Crippen LogP contribution >= 0.6 is 0 Å². The van der Waals surface area contributed by atoms with E-state index in [1.54, 1.807) is 12.1 Å². The van der Waals surface area contributed by atoms with Gasteiger partial charge in [-0.1, -0.05) is 24.3 Å². The number of amides is 1. The SMILES string of the molecule is COC(=O)Cc1c(CCc2nc(Nc3ccc(C4CCN(C(=O)O)CC4)cc3)ncc2C(F)(F)F)cccc1C(F)(F)F. The number of aromatic nitrogens is 2. The molecule has 2 aromatic carbocycles. The number of halogens is 6. The maximum atomic E-state index is 13.8. The summed E-state index contributed by atoms with van der Waals surface area (Å²) in [5.74, 6) is -0.887. The van der Waals surface area contributed by atoms with Crippen molar-refractivity contribution in [2.45, 2.75) is 50.4 Å². The average Bonchev–Trinajstić information content (AvgIpc) is 2.96. The number of carboxylic acid groups (broad SMARTS) is 1. The normalized spacial score (nSPS) is 14.4. The van der Waals surface area contributed by atoms with E-state index in [0.29, 0.717) is 37.8 Å². The minimum atomic E-state index is -4.81. The number of benzene rings is 2. The fourth-order valence-electron chi connectivity index (χ4n) is 5.09. The molecule has 2 N–H and O–H groups in total. The molecular formula is C29H28F6N4O4. The minimum absolute atomic E-state index is 0.0475. The predicted octanol–water partition coefficient (Wildman–Crippen LogP) is 6.62. The summed E-state index contributed by atoms with van der Waals surface area (Å²) in [4.78, 5) is 32.2. The number of esters is 1. The molecule has 230 valence electrons. The predicted molar refractivity (Wildman–Crippen MR) is 143 cm³/mol. The number of piperidine rings is 1. The number of hydrogen-bond donors (Lipinski definition) is 2. The molecule has 1 fully saturated rings. The van der Waals surface area contributed by atoms with Crippen LogP contribution in [0.15, 0.2) is 48.7 Å². The highest BCUT2D eigenvalue weighted by atomic mass is 19.4. The summed E-state index contributed by atoms with van der Waals surface area (Å²) in [6.07, 6.45) is -9.93. The van der Waals surface area contributed by atoms with Gasteiger partial charge in [-0.25, -0.2) is 14.8 Å². The van der Waals surface area contributed by atoms with Gasteiger partial charge in [0.25, 0.3) is 0 Å². The van der Waals surface area contributed by atoms with Gasteiger partial charge < -0.3 is 20.1 Å². The van der Waals surface area contributed by atoms with Gasteiger partial charge in [0.05, 0.1) is 30.4 Å². The van der Waals surface area contributed by atoms with Gasteiger partial charge >= 0.3 is 24.4 Å². The molecule has 43 heavy (non-hydrogen) atoms. The van der Waals surface area contributed by atoms with E-state index in [9.17, 15) is 35.9 Å². The molecule has 1 saturated heterocycles. The summed E-state index contributed by atoms with van der Waals surface area (Å²) in [5.41, 5.74) is -1.44. The third-order valence-electron chi connectivity index (χ3n) is 7.34. The number of likely N-dealkylation sites (tertiary alicyclic amines) is 1. The lowest BCUT2D eigenvalue weighted by Gasteiger charge is -2.30. The topological polar surface area (TPSA) is 105 Å². The summed E-state index contributed by atoms with van der Waals surface area (Å²) >= 11 is 0. The molecule has 14 heteroatoms. The van der Waals surface area contributed by atoms with E-state index < -0.39 is 47.7 Å². The highest BCUT2D eigenvalue weighted by molar-refractivity contribution is 5.73. The molecule has 0 unspecified atom stereocenters. The van der Waals surface area contributed by atoms with Crippen LogP contribution in [0.2, 0.25) is 0 Å². The third-order valence-corrected chi connectivity index (χ3v) is 7.34. The van der Waals surface area contributed by atoms with Crippen molar-refractivity contribution in [1.29, 1.82) is 0 Å². The van der Waals surface area contributed by atoms with Gasteiger partial charge in [0, 0.05) is 25.0 Å². The molecule has 2 heterocycles. The van der Waals surface area contributed by atoms with Gasteiger partial charge in [-0.05, 0) is 66.5 Å². The number of hydrogen-bond acceptors (Lipinski definition) is 6. The number of alkyl halides is 6. The molecule has 8 nitrogen and oxygen atoms in total. The van der Waals surface area contributed by atoms with E-state index in [1.165, 1.54) is 11.0 Å². The number of anilines is 2. The number of carbonyl (C=O) groups excluding carboxylic acids is 1. The van der Waals surface area contributed by atoms with Crippen LogP contribution in [0.1, 0.15) is 52.3 Å². The number of methoxy groups -OCH3 is 1. The molecule has 0 saturated carbocycles. The van der Waals surface area contributed by atoms with Gasteiger partial charge in [-0.15, -0.1) is 0 Å². The first-order chi connectivity index (χ1) is 20.3. The number of nitrogens with zero attached hydrogens (tertiary/aromatic N) is 3. The lowest BCUT2D eigenvalue weighted by atomic mass is 9.89. The molecule has 0 bridgehead atoms. The number of nitrogens with one attached hydrogen (secondary N) is 1. The fraction of sp³-hybridized carbons (Fsp3) is 0.379. The molecule has 1 amide bonds.